The van der Waals surface area contributed by atoms with Crippen LogP contribution in [0.1, 0.15) is 42.5 Å². The van der Waals surface area contributed by atoms with Crippen LogP contribution in [0.4, 0.5) is 11.4 Å². The summed E-state index contributed by atoms with van der Waals surface area (Å²) in [5.41, 5.74) is 0.715. The Morgan fingerprint density at radius 1 is 1.07 bits per heavy atom. The van der Waals surface area contributed by atoms with Crippen LogP contribution in [0.25, 0.3) is 0 Å². The predicted octanol–water partition coefficient (Wildman–Crippen LogP) is 3.67. The summed E-state index contributed by atoms with van der Waals surface area (Å²) in [5, 5.41) is 16.7. The SMILES string of the molecule is O=C(COc1ccccc1[N+](=O)[O-])Nc1cccc(C(=O)NC2CCCCC2)c1. The second-order valence-corrected chi connectivity index (χ2v) is 6.95. The number of nitro groups is 1. The number of carbonyl (C=O) groups is 2. The van der Waals surface area contributed by atoms with E-state index in [0.29, 0.717) is 11.3 Å². The molecule has 0 saturated heterocycles. The van der Waals surface area contributed by atoms with Gasteiger partial charge in [-0.1, -0.05) is 37.5 Å². The lowest BCUT2D eigenvalue weighted by Gasteiger charge is -2.22. The van der Waals surface area contributed by atoms with Gasteiger partial charge < -0.3 is 15.4 Å². The number of ether oxygens (including phenoxy) is 1. The maximum Gasteiger partial charge on any atom is 0.310 e. The van der Waals surface area contributed by atoms with E-state index in [9.17, 15) is 19.7 Å². The van der Waals surface area contributed by atoms with Gasteiger partial charge in [-0.05, 0) is 37.1 Å². The number of benzene rings is 2. The minimum Gasteiger partial charge on any atom is -0.477 e. The van der Waals surface area contributed by atoms with Crippen LogP contribution in [-0.4, -0.2) is 29.4 Å². The first-order valence-corrected chi connectivity index (χ1v) is 9.60. The first-order valence-electron chi connectivity index (χ1n) is 9.60. The number of amides is 2. The standard InChI is InChI=1S/C21H23N3O5/c25-20(14-29-19-12-5-4-11-18(19)24(27)28)22-17-10-6-7-15(13-17)21(26)23-16-8-2-1-3-9-16/h4-7,10-13,16H,1-3,8-9,14H2,(H,22,25)(H,23,26). The Morgan fingerprint density at radius 3 is 2.59 bits per heavy atom. The number of carbonyl (C=O) groups excluding carboxylic acids is 2. The molecule has 2 aromatic rings. The number of nitro benzene ring substituents is 1. The van der Waals surface area contributed by atoms with Gasteiger partial charge in [-0.15, -0.1) is 0 Å². The number of hydrogen-bond acceptors (Lipinski definition) is 5. The highest BCUT2D eigenvalue weighted by atomic mass is 16.6. The van der Waals surface area contributed by atoms with Crippen molar-refractivity contribution in [2.45, 2.75) is 38.1 Å². The Morgan fingerprint density at radius 2 is 1.83 bits per heavy atom. The normalized spacial score (nSPS) is 14.1. The van der Waals surface area contributed by atoms with Crippen LogP contribution in [0.2, 0.25) is 0 Å². The first-order chi connectivity index (χ1) is 14.0. The lowest BCUT2D eigenvalue weighted by atomic mass is 9.95. The molecular weight excluding hydrogens is 374 g/mol. The minimum absolute atomic E-state index is 0.0215. The molecule has 8 nitrogen and oxygen atoms in total. The van der Waals surface area contributed by atoms with Gasteiger partial charge in [0.15, 0.2) is 12.4 Å². The maximum atomic E-state index is 12.5. The molecule has 1 fully saturated rings. The Hall–Kier alpha value is -3.42. The summed E-state index contributed by atoms with van der Waals surface area (Å²) in [5.74, 6) is -0.620. The molecule has 0 aliphatic heterocycles. The monoisotopic (exact) mass is 397 g/mol. The van der Waals surface area contributed by atoms with E-state index in [1.54, 1.807) is 30.3 Å². The van der Waals surface area contributed by atoms with Gasteiger partial charge in [0.1, 0.15) is 0 Å². The Labute approximate surface area is 168 Å². The molecule has 3 rings (SSSR count). The van der Waals surface area contributed by atoms with E-state index in [1.807, 2.05) is 0 Å². The lowest BCUT2D eigenvalue weighted by molar-refractivity contribution is -0.385. The number of para-hydroxylation sites is 2. The third kappa shape index (κ3) is 5.78. The summed E-state index contributed by atoms with van der Waals surface area (Å²) < 4.78 is 5.28. The fraction of sp³-hybridized carbons (Fsp3) is 0.333. The van der Waals surface area contributed by atoms with Crippen molar-refractivity contribution in [3.8, 4) is 5.75 Å². The van der Waals surface area contributed by atoms with Crippen molar-refractivity contribution in [1.29, 1.82) is 0 Å². The summed E-state index contributed by atoms with van der Waals surface area (Å²) in [6.45, 7) is -0.386. The van der Waals surface area contributed by atoms with Gasteiger partial charge in [0.2, 0.25) is 0 Å². The molecule has 0 spiro atoms. The van der Waals surface area contributed by atoms with Crippen molar-refractivity contribution in [3.63, 3.8) is 0 Å². The Bertz CT molecular complexity index is 893. The van der Waals surface area contributed by atoms with Gasteiger partial charge in [0.25, 0.3) is 11.8 Å². The molecule has 2 aromatic carbocycles. The number of nitrogens with zero attached hydrogens (tertiary/aromatic N) is 1. The van der Waals surface area contributed by atoms with Crippen LogP contribution in [0.5, 0.6) is 5.75 Å². The number of rotatable bonds is 7. The van der Waals surface area contributed by atoms with Gasteiger partial charge in [0.05, 0.1) is 4.92 Å². The molecule has 2 N–H and O–H groups in total. The van der Waals surface area contributed by atoms with E-state index in [-0.39, 0.29) is 30.0 Å². The van der Waals surface area contributed by atoms with Crippen molar-refractivity contribution >= 4 is 23.2 Å². The number of anilines is 1. The molecule has 29 heavy (non-hydrogen) atoms. The van der Waals surface area contributed by atoms with Crippen LogP contribution in [0.15, 0.2) is 48.5 Å². The molecule has 0 bridgehead atoms. The first kappa shape index (κ1) is 20.3. The van der Waals surface area contributed by atoms with Gasteiger partial charge in [-0.3, -0.25) is 19.7 Å². The highest BCUT2D eigenvalue weighted by Crippen LogP contribution is 2.25. The molecule has 0 radical (unpaired) electrons. The van der Waals surface area contributed by atoms with E-state index < -0.39 is 10.8 Å². The van der Waals surface area contributed by atoms with E-state index in [1.165, 1.54) is 24.6 Å². The number of hydrogen-bond donors (Lipinski definition) is 2. The van der Waals surface area contributed by atoms with Crippen LogP contribution in [0.3, 0.4) is 0 Å². The summed E-state index contributed by atoms with van der Waals surface area (Å²) in [7, 11) is 0. The molecule has 152 valence electrons. The maximum absolute atomic E-state index is 12.5. The van der Waals surface area contributed by atoms with Gasteiger partial charge in [0, 0.05) is 23.4 Å². The van der Waals surface area contributed by atoms with Crippen molar-refractivity contribution in [3.05, 3.63) is 64.2 Å². The molecule has 0 aromatic heterocycles. The highest BCUT2D eigenvalue weighted by Gasteiger charge is 2.18. The lowest BCUT2D eigenvalue weighted by Crippen LogP contribution is -2.36. The smallest absolute Gasteiger partial charge is 0.310 e. The molecule has 0 heterocycles. The molecule has 0 unspecified atom stereocenters. The van der Waals surface area contributed by atoms with E-state index in [4.69, 9.17) is 4.74 Å². The molecular formula is C21H23N3O5. The molecule has 1 aliphatic carbocycles. The summed E-state index contributed by atoms with van der Waals surface area (Å²) in [6, 6.07) is 12.7. The zero-order valence-electron chi connectivity index (χ0n) is 15.9. The highest BCUT2D eigenvalue weighted by molar-refractivity contribution is 5.97. The number of nitrogens with one attached hydrogen (secondary N) is 2. The van der Waals surface area contributed by atoms with Crippen LogP contribution in [0, 0.1) is 10.1 Å². The topological polar surface area (TPSA) is 111 Å². The van der Waals surface area contributed by atoms with Crippen molar-refractivity contribution in [1.82, 2.24) is 5.32 Å². The van der Waals surface area contributed by atoms with Crippen molar-refractivity contribution in [2.24, 2.45) is 0 Å². The van der Waals surface area contributed by atoms with Crippen LogP contribution < -0.4 is 15.4 Å². The second kappa shape index (κ2) is 9.68. The summed E-state index contributed by atoms with van der Waals surface area (Å²) in [4.78, 5) is 35.0. The molecule has 2 amide bonds. The molecule has 1 saturated carbocycles. The summed E-state index contributed by atoms with van der Waals surface area (Å²) >= 11 is 0. The third-order valence-electron chi connectivity index (χ3n) is 4.77. The Kier molecular flexibility index (Phi) is 6.78. The second-order valence-electron chi connectivity index (χ2n) is 6.95. The minimum atomic E-state index is -0.568. The molecule has 0 atom stereocenters. The van der Waals surface area contributed by atoms with E-state index >= 15 is 0 Å². The average molecular weight is 397 g/mol. The van der Waals surface area contributed by atoms with Crippen molar-refractivity contribution < 1.29 is 19.2 Å². The average Bonchev–Trinajstić information content (AvgIpc) is 2.73. The zero-order chi connectivity index (χ0) is 20.6. The van der Waals surface area contributed by atoms with Gasteiger partial charge >= 0.3 is 5.69 Å². The predicted molar refractivity (Wildman–Crippen MR) is 108 cm³/mol. The fourth-order valence-corrected chi connectivity index (χ4v) is 3.32. The van der Waals surface area contributed by atoms with Crippen LogP contribution >= 0.6 is 0 Å². The van der Waals surface area contributed by atoms with Crippen molar-refractivity contribution in [2.75, 3.05) is 11.9 Å². The summed E-state index contributed by atoms with van der Waals surface area (Å²) in [6.07, 6.45) is 5.44. The van der Waals surface area contributed by atoms with E-state index in [0.717, 1.165) is 25.7 Å². The fourth-order valence-electron chi connectivity index (χ4n) is 3.32. The zero-order valence-corrected chi connectivity index (χ0v) is 15.9. The molecule has 8 heteroatoms. The Balaban J connectivity index is 1.56. The van der Waals surface area contributed by atoms with Gasteiger partial charge in [-0.25, -0.2) is 0 Å². The van der Waals surface area contributed by atoms with E-state index in [2.05, 4.69) is 10.6 Å². The largest absolute Gasteiger partial charge is 0.477 e. The third-order valence-corrected chi connectivity index (χ3v) is 4.77. The van der Waals surface area contributed by atoms with Gasteiger partial charge in [-0.2, -0.15) is 0 Å². The quantitative estimate of drug-likeness (QED) is 0.547. The van der Waals surface area contributed by atoms with Crippen LogP contribution in [-0.2, 0) is 4.79 Å². The molecule has 1 aliphatic rings.